The predicted octanol–water partition coefficient (Wildman–Crippen LogP) is 2.60. The quantitative estimate of drug-likeness (QED) is 0.369. The average molecular weight is 364 g/mol. The van der Waals surface area contributed by atoms with Crippen LogP contribution in [0.4, 0.5) is 16.2 Å². The standard InChI is InChI=1S/C20H20N4O3/c1-27-18(25)11-4-14-2-7-16(8-3-14)23-12-13-24(20(23)26)17-9-5-15(6-10-17)19(21)22/h2-11H,12-13H2,1H3,(H3,21,22)/b11-4+. The molecule has 7 heteroatoms. The van der Waals surface area contributed by atoms with Crippen LogP contribution in [0.2, 0.25) is 0 Å². The van der Waals surface area contributed by atoms with Gasteiger partial charge in [0.1, 0.15) is 5.84 Å². The molecule has 0 spiro atoms. The van der Waals surface area contributed by atoms with Crippen LogP contribution in [0.15, 0.2) is 54.6 Å². The molecule has 0 unspecified atom stereocenters. The Labute approximate surface area is 157 Å². The number of carbonyl (C=O) groups is 2. The molecule has 3 rings (SSSR count). The van der Waals surface area contributed by atoms with Gasteiger partial charge in [-0.15, -0.1) is 0 Å². The molecule has 2 aromatic carbocycles. The van der Waals surface area contributed by atoms with Gasteiger partial charge in [-0.3, -0.25) is 15.2 Å². The smallest absolute Gasteiger partial charge is 0.330 e. The molecule has 7 nitrogen and oxygen atoms in total. The Balaban J connectivity index is 1.72. The minimum atomic E-state index is -0.416. The van der Waals surface area contributed by atoms with Crippen molar-refractivity contribution in [2.24, 2.45) is 5.73 Å². The number of nitrogen functional groups attached to an aromatic ring is 1. The van der Waals surface area contributed by atoms with Gasteiger partial charge in [0.15, 0.2) is 0 Å². The Bertz CT molecular complexity index is 888. The van der Waals surface area contributed by atoms with Crippen LogP contribution in [-0.4, -0.2) is 38.0 Å². The van der Waals surface area contributed by atoms with Gasteiger partial charge in [0, 0.05) is 36.1 Å². The molecule has 1 saturated heterocycles. The maximum atomic E-state index is 12.8. The number of benzene rings is 2. The van der Waals surface area contributed by atoms with Gasteiger partial charge < -0.3 is 10.5 Å². The minimum absolute atomic E-state index is 0.00253. The topological polar surface area (TPSA) is 99.7 Å². The monoisotopic (exact) mass is 364 g/mol. The van der Waals surface area contributed by atoms with E-state index < -0.39 is 5.97 Å². The van der Waals surface area contributed by atoms with E-state index in [0.717, 1.165) is 16.9 Å². The van der Waals surface area contributed by atoms with Gasteiger partial charge in [-0.2, -0.15) is 0 Å². The molecule has 1 fully saturated rings. The van der Waals surface area contributed by atoms with Crippen molar-refractivity contribution in [3.63, 3.8) is 0 Å². The molecule has 1 aliphatic rings. The number of nitrogens with two attached hydrogens (primary N) is 1. The minimum Gasteiger partial charge on any atom is -0.466 e. The van der Waals surface area contributed by atoms with Gasteiger partial charge in [0.25, 0.3) is 0 Å². The number of methoxy groups -OCH3 is 1. The highest BCUT2D eigenvalue weighted by Crippen LogP contribution is 2.25. The van der Waals surface area contributed by atoms with Crippen molar-refractivity contribution in [3.05, 3.63) is 65.7 Å². The molecule has 27 heavy (non-hydrogen) atoms. The average Bonchev–Trinajstić information content (AvgIpc) is 3.08. The summed E-state index contributed by atoms with van der Waals surface area (Å²) in [7, 11) is 1.33. The van der Waals surface area contributed by atoms with Crippen LogP contribution < -0.4 is 15.5 Å². The zero-order valence-electron chi connectivity index (χ0n) is 14.9. The molecule has 0 saturated carbocycles. The normalized spacial score (nSPS) is 14.0. The summed E-state index contributed by atoms with van der Waals surface area (Å²) >= 11 is 0. The molecule has 138 valence electrons. The first-order valence-corrected chi connectivity index (χ1v) is 8.39. The van der Waals surface area contributed by atoms with E-state index in [9.17, 15) is 9.59 Å². The summed E-state index contributed by atoms with van der Waals surface area (Å²) in [5.41, 5.74) is 8.49. The summed E-state index contributed by atoms with van der Waals surface area (Å²) < 4.78 is 4.56. The Hall–Kier alpha value is -3.61. The maximum absolute atomic E-state index is 12.8. The molecule has 0 aliphatic carbocycles. The third-order valence-electron chi connectivity index (χ3n) is 4.32. The van der Waals surface area contributed by atoms with Crippen molar-refractivity contribution in [2.75, 3.05) is 30.0 Å². The summed E-state index contributed by atoms with van der Waals surface area (Å²) in [6.07, 6.45) is 3.01. The zero-order valence-corrected chi connectivity index (χ0v) is 14.9. The van der Waals surface area contributed by atoms with Gasteiger partial charge in [-0.1, -0.05) is 12.1 Å². The molecule has 0 aromatic heterocycles. The van der Waals surface area contributed by atoms with Gasteiger partial charge in [0.05, 0.1) is 7.11 Å². The van der Waals surface area contributed by atoms with E-state index in [2.05, 4.69) is 4.74 Å². The summed E-state index contributed by atoms with van der Waals surface area (Å²) in [5.74, 6) is -0.419. The predicted molar refractivity (Wildman–Crippen MR) is 105 cm³/mol. The number of anilines is 2. The van der Waals surface area contributed by atoms with E-state index in [1.807, 2.05) is 24.3 Å². The molecule has 1 aliphatic heterocycles. The SMILES string of the molecule is COC(=O)/C=C/c1ccc(N2CCN(c3ccc(C(=N)N)cc3)C2=O)cc1. The highest BCUT2D eigenvalue weighted by atomic mass is 16.5. The fraction of sp³-hybridized carbons (Fsp3) is 0.150. The van der Waals surface area contributed by atoms with Crippen molar-refractivity contribution < 1.29 is 14.3 Å². The molecular weight excluding hydrogens is 344 g/mol. The Morgan fingerprint density at radius 1 is 1.04 bits per heavy atom. The first kappa shape index (κ1) is 18.2. The number of ether oxygens (including phenoxy) is 1. The molecule has 3 N–H and O–H groups in total. The molecule has 0 bridgehead atoms. The first-order chi connectivity index (χ1) is 13.0. The molecule has 2 aromatic rings. The Morgan fingerprint density at radius 3 is 2.04 bits per heavy atom. The largest absolute Gasteiger partial charge is 0.466 e. The lowest BCUT2D eigenvalue weighted by Gasteiger charge is -2.19. The van der Waals surface area contributed by atoms with Crippen LogP contribution in [0.1, 0.15) is 11.1 Å². The maximum Gasteiger partial charge on any atom is 0.330 e. The third kappa shape index (κ3) is 3.98. The first-order valence-electron chi connectivity index (χ1n) is 8.39. The second-order valence-electron chi connectivity index (χ2n) is 5.99. The zero-order chi connectivity index (χ0) is 19.4. The van der Waals surface area contributed by atoms with Crippen LogP contribution >= 0.6 is 0 Å². The second-order valence-corrected chi connectivity index (χ2v) is 5.99. The Kier molecular flexibility index (Phi) is 5.21. The molecule has 0 radical (unpaired) electrons. The summed E-state index contributed by atoms with van der Waals surface area (Å²) in [4.78, 5) is 27.3. The molecule has 2 amide bonds. The summed E-state index contributed by atoms with van der Waals surface area (Å²) in [6.45, 7) is 1.15. The van der Waals surface area contributed by atoms with E-state index in [-0.39, 0.29) is 11.9 Å². The fourth-order valence-electron chi connectivity index (χ4n) is 2.83. The highest BCUT2D eigenvalue weighted by Gasteiger charge is 2.30. The van der Waals surface area contributed by atoms with Crippen LogP contribution in [0.5, 0.6) is 0 Å². The van der Waals surface area contributed by atoms with Crippen LogP contribution in [0, 0.1) is 5.41 Å². The van der Waals surface area contributed by atoms with Gasteiger partial charge in [-0.25, -0.2) is 9.59 Å². The van der Waals surface area contributed by atoms with Crippen LogP contribution in [0.3, 0.4) is 0 Å². The lowest BCUT2D eigenvalue weighted by molar-refractivity contribution is -0.134. The van der Waals surface area contributed by atoms with Crippen LogP contribution in [-0.2, 0) is 9.53 Å². The molecule has 1 heterocycles. The lowest BCUT2D eigenvalue weighted by Crippen LogP contribution is -2.31. The van der Waals surface area contributed by atoms with Crippen LogP contribution in [0.25, 0.3) is 6.08 Å². The lowest BCUT2D eigenvalue weighted by atomic mass is 10.2. The summed E-state index contributed by atoms with van der Waals surface area (Å²) in [5, 5.41) is 7.44. The van der Waals surface area contributed by atoms with Crippen molar-refractivity contribution in [1.82, 2.24) is 0 Å². The number of urea groups is 1. The number of nitrogens with one attached hydrogen (secondary N) is 1. The molecular formula is C20H20N4O3. The van der Waals surface area contributed by atoms with Gasteiger partial charge in [-0.05, 0) is 48.0 Å². The summed E-state index contributed by atoms with van der Waals surface area (Å²) in [6, 6.07) is 14.3. The van der Waals surface area contributed by atoms with E-state index in [1.165, 1.54) is 13.2 Å². The van der Waals surface area contributed by atoms with Gasteiger partial charge >= 0.3 is 12.0 Å². The van der Waals surface area contributed by atoms with E-state index in [4.69, 9.17) is 11.1 Å². The number of hydrogen-bond donors (Lipinski definition) is 2. The van der Waals surface area contributed by atoms with Crippen molar-refractivity contribution in [3.8, 4) is 0 Å². The number of esters is 1. The number of carbonyl (C=O) groups excluding carboxylic acids is 2. The Morgan fingerprint density at radius 2 is 1.56 bits per heavy atom. The van der Waals surface area contributed by atoms with Crippen molar-refractivity contribution in [1.29, 1.82) is 5.41 Å². The number of amides is 2. The fourth-order valence-corrected chi connectivity index (χ4v) is 2.83. The number of amidine groups is 1. The number of rotatable bonds is 5. The van der Waals surface area contributed by atoms with Crippen molar-refractivity contribution >= 4 is 35.3 Å². The van der Waals surface area contributed by atoms with E-state index in [0.29, 0.717) is 18.7 Å². The highest BCUT2D eigenvalue weighted by molar-refractivity contribution is 6.06. The van der Waals surface area contributed by atoms with E-state index >= 15 is 0 Å². The number of hydrogen-bond acceptors (Lipinski definition) is 4. The van der Waals surface area contributed by atoms with E-state index in [1.54, 1.807) is 40.1 Å². The van der Waals surface area contributed by atoms with Crippen molar-refractivity contribution in [2.45, 2.75) is 0 Å². The third-order valence-corrected chi connectivity index (χ3v) is 4.32. The second kappa shape index (κ2) is 7.74. The number of nitrogens with zero attached hydrogens (tertiary/aromatic N) is 2. The van der Waals surface area contributed by atoms with Gasteiger partial charge in [0.2, 0.25) is 0 Å². The molecule has 0 atom stereocenters.